The summed E-state index contributed by atoms with van der Waals surface area (Å²) in [5.74, 6) is -1.29. The number of aliphatic carboxylic acids is 1. The summed E-state index contributed by atoms with van der Waals surface area (Å²) < 4.78 is 0. The van der Waals surface area contributed by atoms with Gasteiger partial charge in [-0.15, -0.1) is 0 Å². The Hall–Kier alpha value is -2.35. The van der Waals surface area contributed by atoms with Crippen molar-refractivity contribution in [3.05, 3.63) is 29.3 Å². The highest BCUT2D eigenvalue weighted by Crippen LogP contribution is 2.29. The summed E-state index contributed by atoms with van der Waals surface area (Å²) in [6, 6.07) is 6.91. The van der Waals surface area contributed by atoms with Crippen LogP contribution in [0.25, 0.3) is 0 Å². The first kappa shape index (κ1) is 12.1. The molecule has 1 aliphatic rings. The average molecular weight is 244 g/mol. The van der Waals surface area contributed by atoms with Crippen molar-refractivity contribution in [3.63, 3.8) is 0 Å². The minimum Gasteiger partial charge on any atom is -0.481 e. The largest absolute Gasteiger partial charge is 0.481 e. The molecule has 1 heterocycles. The standard InChI is InChI=1S/C13H12N2O3/c1-8(16)9-2-3-10(5-14)12(4-9)15-6-11(7-15)13(17)18/h2-4,11H,6-7H2,1H3,(H,17,18). The van der Waals surface area contributed by atoms with Crippen LogP contribution in [0.15, 0.2) is 18.2 Å². The van der Waals surface area contributed by atoms with Crippen LogP contribution in [0, 0.1) is 17.2 Å². The highest BCUT2D eigenvalue weighted by Gasteiger charge is 2.33. The number of rotatable bonds is 3. The predicted octanol–water partition coefficient (Wildman–Crippen LogP) is 1.28. The van der Waals surface area contributed by atoms with Crippen LogP contribution in [0.4, 0.5) is 5.69 Å². The molecule has 0 aliphatic carbocycles. The molecule has 0 unspecified atom stereocenters. The SMILES string of the molecule is CC(=O)c1ccc(C#N)c(N2CC(C(=O)O)C2)c1. The van der Waals surface area contributed by atoms with Gasteiger partial charge in [-0.2, -0.15) is 5.26 Å². The zero-order valence-corrected chi connectivity index (χ0v) is 9.88. The minimum absolute atomic E-state index is 0.0731. The van der Waals surface area contributed by atoms with Gasteiger partial charge in [0.1, 0.15) is 6.07 Å². The highest BCUT2D eigenvalue weighted by molar-refractivity contribution is 5.95. The molecule has 1 aromatic rings. The van der Waals surface area contributed by atoms with Crippen LogP contribution in [0.2, 0.25) is 0 Å². The zero-order valence-electron chi connectivity index (χ0n) is 9.88. The van der Waals surface area contributed by atoms with Crippen LogP contribution in [0.3, 0.4) is 0 Å². The Labute approximate surface area is 104 Å². The molecule has 1 N–H and O–H groups in total. The van der Waals surface area contributed by atoms with Crippen molar-refractivity contribution < 1.29 is 14.7 Å². The fourth-order valence-corrected chi connectivity index (χ4v) is 1.94. The van der Waals surface area contributed by atoms with Gasteiger partial charge >= 0.3 is 5.97 Å². The molecule has 0 saturated carbocycles. The number of benzene rings is 1. The molecule has 0 aromatic heterocycles. The van der Waals surface area contributed by atoms with Gasteiger partial charge in [-0.3, -0.25) is 9.59 Å². The number of ketones is 1. The summed E-state index contributed by atoms with van der Waals surface area (Å²) in [5, 5.41) is 17.8. The van der Waals surface area contributed by atoms with Gasteiger partial charge in [0.15, 0.2) is 5.78 Å². The lowest BCUT2D eigenvalue weighted by molar-refractivity contribution is -0.142. The van der Waals surface area contributed by atoms with E-state index in [1.54, 1.807) is 18.2 Å². The Balaban J connectivity index is 2.27. The molecular weight excluding hydrogens is 232 g/mol. The van der Waals surface area contributed by atoms with Crippen molar-refractivity contribution in [2.75, 3.05) is 18.0 Å². The Bertz CT molecular complexity index is 554. The van der Waals surface area contributed by atoms with E-state index in [0.29, 0.717) is 29.9 Å². The van der Waals surface area contributed by atoms with Gasteiger partial charge in [-0.05, 0) is 25.1 Å². The van der Waals surface area contributed by atoms with E-state index in [4.69, 9.17) is 10.4 Å². The van der Waals surface area contributed by atoms with Gasteiger partial charge in [0, 0.05) is 18.7 Å². The van der Waals surface area contributed by atoms with Gasteiger partial charge < -0.3 is 10.0 Å². The average Bonchev–Trinajstić information content (AvgIpc) is 2.26. The van der Waals surface area contributed by atoms with Gasteiger partial charge in [0.05, 0.1) is 17.2 Å². The molecule has 0 bridgehead atoms. The minimum atomic E-state index is -0.826. The second kappa shape index (κ2) is 4.49. The van der Waals surface area contributed by atoms with Crippen LogP contribution in [0.5, 0.6) is 0 Å². The Kier molecular flexibility index (Phi) is 3.02. The van der Waals surface area contributed by atoms with E-state index in [1.807, 2.05) is 4.90 Å². The molecule has 1 aliphatic heterocycles. The molecule has 0 amide bonds. The third-order valence-electron chi connectivity index (χ3n) is 3.10. The maximum atomic E-state index is 11.3. The van der Waals surface area contributed by atoms with E-state index in [2.05, 4.69) is 6.07 Å². The quantitative estimate of drug-likeness (QED) is 0.810. The van der Waals surface area contributed by atoms with Crippen molar-refractivity contribution in [1.29, 1.82) is 5.26 Å². The van der Waals surface area contributed by atoms with Crippen LogP contribution in [-0.4, -0.2) is 29.9 Å². The first-order valence-electron chi connectivity index (χ1n) is 5.55. The maximum absolute atomic E-state index is 11.3. The monoisotopic (exact) mass is 244 g/mol. The van der Waals surface area contributed by atoms with E-state index in [1.165, 1.54) is 6.92 Å². The predicted molar refractivity (Wildman–Crippen MR) is 64.5 cm³/mol. The molecule has 1 aromatic carbocycles. The summed E-state index contributed by atoms with van der Waals surface area (Å²) in [6.45, 7) is 2.22. The first-order chi connectivity index (χ1) is 8.52. The second-order valence-electron chi connectivity index (χ2n) is 4.34. The van der Waals surface area contributed by atoms with E-state index in [9.17, 15) is 9.59 Å². The molecule has 0 spiro atoms. The van der Waals surface area contributed by atoms with Gasteiger partial charge in [0.25, 0.3) is 0 Å². The van der Waals surface area contributed by atoms with Crippen LogP contribution >= 0.6 is 0 Å². The Morgan fingerprint density at radius 3 is 2.61 bits per heavy atom. The third kappa shape index (κ3) is 2.05. The molecule has 2 rings (SSSR count). The van der Waals surface area contributed by atoms with Gasteiger partial charge in [0.2, 0.25) is 0 Å². The molecule has 0 radical (unpaired) electrons. The lowest BCUT2D eigenvalue weighted by Crippen LogP contribution is -2.50. The van der Waals surface area contributed by atoms with Crippen molar-refractivity contribution in [2.45, 2.75) is 6.92 Å². The topological polar surface area (TPSA) is 81.4 Å². The second-order valence-corrected chi connectivity index (χ2v) is 4.34. The fraction of sp³-hybridized carbons (Fsp3) is 0.308. The third-order valence-corrected chi connectivity index (χ3v) is 3.10. The van der Waals surface area contributed by atoms with Gasteiger partial charge in [-0.25, -0.2) is 0 Å². The molecule has 1 saturated heterocycles. The smallest absolute Gasteiger partial charge is 0.310 e. The molecule has 5 nitrogen and oxygen atoms in total. The normalized spacial score (nSPS) is 14.8. The van der Waals surface area contributed by atoms with Crippen molar-refractivity contribution in [2.24, 2.45) is 5.92 Å². The van der Waals surface area contributed by atoms with E-state index in [-0.39, 0.29) is 5.78 Å². The maximum Gasteiger partial charge on any atom is 0.310 e. The number of hydrogen-bond acceptors (Lipinski definition) is 4. The number of carboxylic acids is 1. The number of anilines is 1. The highest BCUT2D eigenvalue weighted by atomic mass is 16.4. The van der Waals surface area contributed by atoms with E-state index >= 15 is 0 Å². The number of carboxylic acid groups (broad SMARTS) is 1. The molecule has 18 heavy (non-hydrogen) atoms. The van der Waals surface area contributed by atoms with Crippen LogP contribution < -0.4 is 4.90 Å². The zero-order chi connectivity index (χ0) is 13.3. The number of nitrogens with zero attached hydrogens (tertiary/aromatic N) is 2. The molecule has 0 atom stereocenters. The number of Topliss-reactive ketones (excluding diaryl/α,β-unsaturated/α-hetero) is 1. The Morgan fingerprint density at radius 1 is 1.44 bits per heavy atom. The Morgan fingerprint density at radius 2 is 2.11 bits per heavy atom. The summed E-state index contributed by atoms with van der Waals surface area (Å²) >= 11 is 0. The fourth-order valence-electron chi connectivity index (χ4n) is 1.94. The van der Waals surface area contributed by atoms with Crippen molar-refractivity contribution in [3.8, 4) is 6.07 Å². The van der Waals surface area contributed by atoms with Gasteiger partial charge in [-0.1, -0.05) is 0 Å². The lowest BCUT2D eigenvalue weighted by Gasteiger charge is -2.39. The van der Waals surface area contributed by atoms with E-state index in [0.717, 1.165) is 0 Å². The van der Waals surface area contributed by atoms with Crippen LogP contribution in [-0.2, 0) is 4.79 Å². The number of carbonyl (C=O) groups excluding carboxylic acids is 1. The number of nitriles is 1. The summed E-state index contributed by atoms with van der Waals surface area (Å²) in [4.78, 5) is 23.9. The lowest BCUT2D eigenvalue weighted by atomic mass is 9.97. The van der Waals surface area contributed by atoms with Crippen LogP contribution in [0.1, 0.15) is 22.8 Å². The molecule has 5 heteroatoms. The summed E-state index contributed by atoms with van der Waals surface area (Å²) in [5.41, 5.74) is 1.63. The summed E-state index contributed by atoms with van der Waals surface area (Å²) in [6.07, 6.45) is 0. The first-order valence-corrected chi connectivity index (χ1v) is 5.55. The number of carbonyl (C=O) groups is 2. The molecule has 92 valence electrons. The molecule has 1 fully saturated rings. The van der Waals surface area contributed by atoms with Crippen molar-refractivity contribution in [1.82, 2.24) is 0 Å². The number of hydrogen-bond donors (Lipinski definition) is 1. The van der Waals surface area contributed by atoms with E-state index < -0.39 is 11.9 Å². The van der Waals surface area contributed by atoms with Crippen molar-refractivity contribution >= 4 is 17.4 Å². The summed E-state index contributed by atoms with van der Waals surface area (Å²) in [7, 11) is 0. The molecular formula is C13H12N2O3.